The molecule has 0 amide bonds. The van der Waals surface area contributed by atoms with Crippen molar-refractivity contribution in [1.29, 1.82) is 0 Å². The van der Waals surface area contributed by atoms with Crippen LogP contribution < -0.4 is 4.74 Å². The SMILES string of the molecule is O=C(O)c1c(F)c(F)c(Oc2c(F)c(F)c(C(=O)O)c(C(=O)O)c2F)c(F)c1C(=O)O. The number of hydrogen-bond acceptors (Lipinski definition) is 5. The van der Waals surface area contributed by atoms with Gasteiger partial charge in [-0.2, -0.15) is 8.78 Å². The van der Waals surface area contributed by atoms with Gasteiger partial charge in [0.05, 0.1) is 0 Å². The topological polar surface area (TPSA) is 158 Å². The van der Waals surface area contributed by atoms with Gasteiger partial charge < -0.3 is 25.2 Å². The van der Waals surface area contributed by atoms with Gasteiger partial charge in [0.1, 0.15) is 22.3 Å². The zero-order valence-corrected chi connectivity index (χ0v) is 14.1. The van der Waals surface area contributed by atoms with Crippen LogP contribution in [0.4, 0.5) is 26.3 Å². The molecule has 0 fully saturated rings. The molecule has 164 valence electrons. The summed E-state index contributed by atoms with van der Waals surface area (Å²) in [6, 6.07) is 0. The van der Waals surface area contributed by atoms with Gasteiger partial charge in [-0.25, -0.2) is 36.7 Å². The number of hydrogen-bond donors (Lipinski definition) is 4. The van der Waals surface area contributed by atoms with Crippen LogP contribution in [0.3, 0.4) is 0 Å². The Balaban J connectivity index is 2.93. The Hall–Kier alpha value is -4.30. The molecule has 0 bridgehead atoms. The number of ether oxygens (including phenoxy) is 1. The van der Waals surface area contributed by atoms with Crippen LogP contribution in [0, 0.1) is 34.9 Å². The molecule has 2 rings (SSSR count). The predicted molar refractivity (Wildman–Crippen MR) is 80.5 cm³/mol. The van der Waals surface area contributed by atoms with Gasteiger partial charge in [0, 0.05) is 0 Å². The first kappa shape index (κ1) is 23.0. The third-order valence-electron chi connectivity index (χ3n) is 3.62. The standard InChI is InChI=1S/C16H4F6O9/c17-5-1(13(23)24)3(15(27)28)7(19)11(9(5)21)31-12-8(20)4(16(29)30)2(14(25)26)6(18)10(12)22/h(H,23,24)(H,25,26)(H,27,28)(H,29,30). The summed E-state index contributed by atoms with van der Waals surface area (Å²) in [5, 5.41) is 35.3. The van der Waals surface area contributed by atoms with Crippen molar-refractivity contribution in [1.82, 2.24) is 0 Å². The average molecular weight is 454 g/mol. The van der Waals surface area contributed by atoms with Gasteiger partial charge in [0.15, 0.2) is 23.3 Å². The third kappa shape index (κ3) is 3.56. The van der Waals surface area contributed by atoms with Crippen LogP contribution in [0.25, 0.3) is 0 Å². The summed E-state index contributed by atoms with van der Waals surface area (Å²) in [5.74, 6) is -29.8. The molecule has 0 saturated heterocycles. The van der Waals surface area contributed by atoms with Crippen LogP contribution in [-0.2, 0) is 0 Å². The second-order valence-corrected chi connectivity index (χ2v) is 5.36. The van der Waals surface area contributed by atoms with Gasteiger partial charge in [0.25, 0.3) is 0 Å². The molecule has 0 spiro atoms. The van der Waals surface area contributed by atoms with Crippen molar-refractivity contribution in [2.75, 3.05) is 0 Å². The van der Waals surface area contributed by atoms with Crippen molar-refractivity contribution in [2.24, 2.45) is 0 Å². The molecule has 0 radical (unpaired) electrons. The highest BCUT2D eigenvalue weighted by molar-refractivity contribution is 6.03. The lowest BCUT2D eigenvalue weighted by molar-refractivity contribution is 0.0638. The summed E-state index contributed by atoms with van der Waals surface area (Å²) in [4.78, 5) is 44.0. The molecule has 0 aromatic heterocycles. The maximum Gasteiger partial charge on any atom is 0.339 e. The van der Waals surface area contributed by atoms with Crippen molar-refractivity contribution in [3.63, 3.8) is 0 Å². The lowest BCUT2D eigenvalue weighted by Crippen LogP contribution is -2.18. The first-order chi connectivity index (χ1) is 14.2. The molecule has 9 nitrogen and oxygen atoms in total. The summed E-state index contributed by atoms with van der Waals surface area (Å²) in [6.07, 6.45) is 0. The largest absolute Gasteiger partial charge is 0.478 e. The Morgan fingerprint density at radius 2 is 0.677 bits per heavy atom. The highest BCUT2D eigenvalue weighted by Gasteiger charge is 2.37. The van der Waals surface area contributed by atoms with Crippen molar-refractivity contribution in [3.05, 3.63) is 57.2 Å². The molecule has 0 saturated carbocycles. The monoisotopic (exact) mass is 454 g/mol. The normalized spacial score (nSPS) is 10.6. The van der Waals surface area contributed by atoms with Gasteiger partial charge in [-0.05, 0) is 0 Å². The first-order valence-electron chi connectivity index (χ1n) is 7.25. The van der Waals surface area contributed by atoms with E-state index < -0.39 is 92.5 Å². The van der Waals surface area contributed by atoms with Crippen LogP contribution >= 0.6 is 0 Å². The second kappa shape index (κ2) is 7.85. The number of carbonyl (C=O) groups is 4. The minimum absolute atomic E-state index is 2.03. The van der Waals surface area contributed by atoms with Crippen LogP contribution in [0.1, 0.15) is 41.4 Å². The van der Waals surface area contributed by atoms with Crippen LogP contribution in [0.15, 0.2) is 0 Å². The summed E-state index contributed by atoms with van der Waals surface area (Å²) in [5.41, 5.74) is -8.17. The van der Waals surface area contributed by atoms with Gasteiger partial charge in [-0.1, -0.05) is 0 Å². The Bertz CT molecular complexity index is 1100. The maximum absolute atomic E-state index is 14.4. The average Bonchev–Trinajstić information content (AvgIpc) is 2.65. The highest BCUT2D eigenvalue weighted by Crippen LogP contribution is 2.39. The molecule has 0 aliphatic carbocycles. The fourth-order valence-electron chi connectivity index (χ4n) is 2.36. The summed E-state index contributed by atoms with van der Waals surface area (Å²) in [6.45, 7) is 0. The van der Waals surface area contributed by atoms with E-state index in [1.54, 1.807) is 0 Å². The molecule has 0 aliphatic rings. The zero-order valence-electron chi connectivity index (χ0n) is 14.1. The van der Waals surface area contributed by atoms with E-state index in [1.807, 2.05) is 0 Å². The molecule has 0 unspecified atom stereocenters. The second-order valence-electron chi connectivity index (χ2n) is 5.36. The number of carboxylic acid groups (broad SMARTS) is 4. The molecule has 31 heavy (non-hydrogen) atoms. The minimum Gasteiger partial charge on any atom is -0.478 e. The number of benzene rings is 2. The highest BCUT2D eigenvalue weighted by atomic mass is 19.2. The quantitative estimate of drug-likeness (QED) is 0.380. The minimum atomic E-state index is -2.63. The molecule has 4 N–H and O–H groups in total. The fraction of sp³-hybridized carbons (Fsp3) is 0. The molecule has 0 heterocycles. The lowest BCUT2D eigenvalue weighted by atomic mass is 10.0. The van der Waals surface area contributed by atoms with E-state index in [4.69, 9.17) is 20.4 Å². The van der Waals surface area contributed by atoms with E-state index in [0.717, 1.165) is 0 Å². The first-order valence-corrected chi connectivity index (χ1v) is 7.25. The molecule has 0 aliphatic heterocycles. The Morgan fingerprint density at radius 3 is 0.903 bits per heavy atom. The molecule has 2 aromatic carbocycles. The van der Waals surface area contributed by atoms with Gasteiger partial charge >= 0.3 is 23.9 Å². The van der Waals surface area contributed by atoms with Crippen molar-refractivity contribution in [3.8, 4) is 11.5 Å². The van der Waals surface area contributed by atoms with Crippen molar-refractivity contribution in [2.45, 2.75) is 0 Å². The number of aromatic carboxylic acids is 4. The van der Waals surface area contributed by atoms with Crippen LogP contribution in [0.2, 0.25) is 0 Å². The van der Waals surface area contributed by atoms with E-state index in [1.165, 1.54) is 0 Å². The summed E-state index contributed by atoms with van der Waals surface area (Å²) in [7, 11) is 0. The summed E-state index contributed by atoms with van der Waals surface area (Å²) >= 11 is 0. The summed E-state index contributed by atoms with van der Waals surface area (Å²) < 4.78 is 88.9. The number of rotatable bonds is 6. The smallest absolute Gasteiger partial charge is 0.339 e. The van der Waals surface area contributed by atoms with Gasteiger partial charge in [0.2, 0.25) is 23.1 Å². The van der Waals surface area contributed by atoms with Crippen LogP contribution in [-0.4, -0.2) is 44.3 Å². The Kier molecular flexibility index (Phi) is 5.82. The zero-order chi connectivity index (χ0) is 23.9. The van der Waals surface area contributed by atoms with Crippen molar-refractivity contribution >= 4 is 23.9 Å². The molecule has 0 atom stereocenters. The third-order valence-corrected chi connectivity index (χ3v) is 3.62. The Morgan fingerprint density at radius 1 is 0.452 bits per heavy atom. The van der Waals surface area contributed by atoms with Crippen molar-refractivity contribution < 1.29 is 70.7 Å². The van der Waals surface area contributed by atoms with E-state index in [-0.39, 0.29) is 0 Å². The molecular formula is C16H4F6O9. The molecule has 15 heteroatoms. The number of halogens is 6. The Labute approximate surface area is 164 Å². The predicted octanol–water partition coefficient (Wildman–Crippen LogP) is 3.11. The van der Waals surface area contributed by atoms with Crippen LogP contribution in [0.5, 0.6) is 11.5 Å². The lowest BCUT2D eigenvalue weighted by Gasteiger charge is -2.15. The molecule has 2 aromatic rings. The number of carboxylic acids is 4. The van der Waals surface area contributed by atoms with Gasteiger partial charge in [-0.15, -0.1) is 0 Å². The fourth-order valence-corrected chi connectivity index (χ4v) is 2.36. The maximum atomic E-state index is 14.4. The van der Waals surface area contributed by atoms with E-state index in [9.17, 15) is 45.5 Å². The van der Waals surface area contributed by atoms with E-state index >= 15 is 0 Å². The van der Waals surface area contributed by atoms with E-state index in [2.05, 4.69) is 4.74 Å². The van der Waals surface area contributed by atoms with E-state index in [0.29, 0.717) is 0 Å². The molecular weight excluding hydrogens is 450 g/mol. The van der Waals surface area contributed by atoms with Gasteiger partial charge in [-0.3, -0.25) is 0 Å².